The Labute approximate surface area is 90.1 Å². The zero-order valence-corrected chi connectivity index (χ0v) is 8.99. The Balaban J connectivity index is 2.46. The van der Waals surface area contributed by atoms with Crippen LogP contribution in [0.5, 0.6) is 0 Å². The highest BCUT2D eigenvalue weighted by Crippen LogP contribution is 2.23. The zero-order chi connectivity index (χ0) is 9.97. The van der Waals surface area contributed by atoms with Crippen molar-refractivity contribution in [3.8, 4) is 11.3 Å². The molecule has 2 N–H and O–H groups in total. The van der Waals surface area contributed by atoms with E-state index in [4.69, 9.17) is 10.2 Å². The first-order chi connectivity index (χ1) is 6.81. The minimum Gasteiger partial charge on any atom is -0.451 e. The lowest BCUT2D eigenvalue weighted by Crippen LogP contribution is -1.97. The summed E-state index contributed by atoms with van der Waals surface area (Å²) in [6.45, 7) is 0.506. The molecule has 0 atom stereocenters. The lowest BCUT2D eigenvalue weighted by Gasteiger charge is -2.03. The van der Waals surface area contributed by atoms with Gasteiger partial charge in [-0.3, -0.25) is 0 Å². The third-order valence-electron chi connectivity index (χ3n) is 1.99. The molecule has 0 radical (unpaired) electrons. The number of rotatable bonds is 2. The number of nitrogens with zero attached hydrogens (tertiary/aromatic N) is 1. The van der Waals surface area contributed by atoms with E-state index < -0.39 is 0 Å². The molecule has 0 spiro atoms. The number of aromatic nitrogens is 1. The van der Waals surface area contributed by atoms with E-state index in [1.54, 1.807) is 6.26 Å². The molecule has 0 aliphatic carbocycles. The Morgan fingerprint density at radius 3 is 2.93 bits per heavy atom. The molecule has 1 heterocycles. The van der Waals surface area contributed by atoms with Gasteiger partial charge in [-0.05, 0) is 17.7 Å². The van der Waals surface area contributed by atoms with E-state index in [1.165, 1.54) is 6.39 Å². The molecule has 0 saturated heterocycles. The normalized spacial score (nSPS) is 10.4. The molecule has 14 heavy (non-hydrogen) atoms. The second-order valence-corrected chi connectivity index (χ2v) is 3.74. The molecule has 0 amide bonds. The fraction of sp³-hybridized carbons (Fsp3) is 0.100. The van der Waals surface area contributed by atoms with Crippen molar-refractivity contribution in [3.63, 3.8) is 0 Å². The molecule has 4 heteroatoms. The van der Waals surface area contributed by atoms with Crippen LogP contribution in [-0.2, 0) is 6.54 Å². The van der Waals surface area contributed by atoms with Gasteiger partial charge in [0.1, 0.15) is 12.0 Å². The molecule has 1 aromatic heterocycles. The number of oxazole rings is 1. The Morgan fingerprint density at radius 2 is 2.29 bits per heavy atom. The first-order valence-corrected chi connectivity index (χ1v) is 4.97. The molecule has 2 rings (SSSR count). The summed E-state index contributed by atoms with van der Waals surface area (Å²) in [6.07, 6.45) is 3.03. The van der Waals surface area contributed by atoms with E-state index in [9.17, 15) is 0 Å². The summed E-state index contributed by atoms with van der Waals surface area (Å²) < 4.78 is 5.94. The number of hydrogen-bond donors (Lipinski definition) is 1. The lowest BCUT2D eigenvalue weighted by molar-refractivity contribution is 0.558. The number of hydrogen-bond acceptors (Lipinski definition) is 3. The van der Waals surface area contributed by atoms with E-state index in [-0.39, 0.29) is 0 Å². The number of benzene rings is 1. The Bertz CT molecular complexity index is 426. The van der Waals surface area contributed by atoms with Gasteiger partial charge in [0.05, 0.1) is 0 Å². The van der Waals surface area contributed by atoms with Gasteiger partial charge >= 0.3 is 0 Å². The largest absolute Gasteiger partial charge is 0.451 e. The summed E-state index contributed by atoms with van der Waals surface area (Å²) in [5.74, 6) is 0. The first-order valence-electron chi connectivity index (χ1n) is 4.18. The molecule has 1 aromatic carbocycles. The average Bonchev–Trinajstić information content (AvgIpc) is 2.71. The fourth-order valence-corrected chi connectivity index (χ4v) is 1.65. The standard InChI is InChI=1S/C10H9BrN2O/c11-9-2-1-7(3-8(9)4-12)10-5-14-6-13-10/h1-3,5-6H,4,12H2. The van der Waals surface area contributed by atoms with Crippen LogP contribution in [0, 0.1) is 0 Å². The lowest BCUT2D eigenvalue weighted by atomic mass is 10.1. The Hall–Kier alpha value is -1.13. The summed E-state index contributed by atoms with van der Waals surface area (Å²) >= 11 is 3.43. The molecule has 0 saturated carbocycles. The van der Waals surface area contributed by atoms with Crippen molar-refractivity contribution in [1.29, 1.82) is 0 Å². The van der Waals surface area contributed by atoms with Crippen molar-refractivity contribution < 1.29 is 4.42 Å². The summed E-state index contributed by atoms with van der Waals surface area (Å²) in [7, 11) is 0. The zero-order valence-electron chi connectivity index (χ0n) is 7.40. The first kappa shape index (κ1) is 9.43. The minimum absolute atomic E-state index is 0.506. The second-order valence-electron chi connectivity index (χ2n) is 2.88. The maximum Gasteiger partial charge on any atom is 0.181 e. The van der Waals surface area contributed by atoms with Crippen LogP contribution in [0.25, 0.3) is 11.3 Å². The quantitative estimate of drug-likeness (QED) is 0.894. The summed E-state index contributed by atoms with van der Waals surface area (Å²) in [5.41, 5.74) is 8.50. The highest BCUT2D eigenvalue weighted by Gasteiger charge is 2.03. The van der Waals surface area contributed by atoms with Crippen LogP contribution in [0.3, 0.4) is 0 Å². The smallest absolute Gasteiger partial charge is 0.181 e. The molecule has 0 aliphatic heterocycles. The highest BCUT2D eigenvalue weighted by molar-refractivity contribution is 9.10. The molecule has 2 aromatic rings. The van der Waals surface area contributed by atoms with Crippen molar-refractivity contribution in [3.05, 3.63) is 40.9 Å². The molecule has 0 bridgehead atoms. The van der Waals surface area contributed by atoms with Gasteiger partial charge in [-0.15, -0.1) is 0 Å². The molecular formula is C10H9BrN2O. The SMILES string of the molecule is NCc1cc(-c2cocn2)ccc1Br. The molecule has 72 valence electrons. The second kappa shape index (κ2) is 3.94. The van der Waals surface area contributed by atoms with Gasteiger partial charge in [0, 0.05) is 16.6 Å². The van der Waals surface area contributed by atoms with E-state index in [0.717, 1.165) is 21.3 Å². The Morgan fingerprint density at radius 1 is 1.43 bits per heavy atom. The van der Waals surface area contributed by atoms with Gasteiger partial charge in [0.25, 0.3) is 0 Å². The van der Waals surface area contributed by atoms with Gasteiger partial charge in [-0.1, -0.05) is 22.0 Å². The Kier molecular flexibility index (Phi) is 2.65. The van der Waals surface area contributed by atoms with Gasteiger partial charge in [0.15, 0.2) is 6.39 Å². The van der Waals surface area contributed by atoms with Crippen molar-refractivity contribution >= 4 is 15.9 Å². The van der Waals surface area contributed by atoms with Crippen molar-refractivity contribution in [1.82, 2.24) is 4.98 Å². The number of halogens is 1. The van der Waals surface area contributed by atoms with Crippen LogP contribution >= 0.6 is 15.9 Å². The third-order valence-corrected chi connectivity index (χ3v) is 2.77. The molecule has 0 aliphatic rings. The van der Waals surface area contributed by atoms with E-state index in [2.05, 4.69) is 20.9 Å². The monoisotopic (exact) mass is 252 g/mol. The van der Waals surface area contributed by atoms with Crippen LogP contribution in [0.1, 0.15) is 5.56 Å². The van der Waals surface area contributed by atoms with Crippen molar-refractivity contribution in [2.24, 2.45) is 5.73 Å². The van der Waals surface area contributed by atoms with Crippen LogP contribution in [-0.4, -0.2) is 4.98 Å². The molecular weight excluding hydrogens is 244 g/mol. The van der Waals surface area contributed by atoms with Crippen LogP contribution in [0.2, 0.25) is 0 Å². The maximum atomic E-state index is 5.60. The van der Waals surface area contributed by atoms with Crippen molar-refractivity contribution in [2.75, 3.05) is 0 Å². The van der Waals surface area contributed by atoms with Gasteiger partial charge in [-0.2, -0.15) is 0 Å². The van der Waals surface area contributed by atoms with Crippen LogP contribution in [0.4, 0.5) is 0 Å². The van der Waals surface area contributed by atoms with E-state index >= 15 is 0 Å². The summed E-state index contributed by atoms with van der Waals surface area (Å²) in [5, 5.41) is 0. The van der Waals surface area contributed by atoms with Gasteiger partial charge in [-0.25, -0.2) is 4.98 Å². The van der Waals surface area contributed by atoms with E-state index in [0.29, 0.717) is 6.54 Å². The predicted octanol–water partition coefficient (Wildman–Crippen LogP) is 2.56. The molecule has 0 unspecified atom stereocenters. The highest BCUT2D eigenvalue weighted by atomic mass is 79.9. The third kappa shape index (κ3) is 1.71. The summed E-state index contributed by atoms with van der Waals surface area (Å²) in [6, 6.07) is 5.94. The average molecular weight is 253 g/mol. The van der Waals surface area contributed by atoms with Gasteiger partial charge < -0.3 is 10.2 Å². The predicted molar refractivity (Wildman–Crippen MR) is 57.5 cm³/mol. The van der Waals surface area contributed by atoms with Crippen LogP contribution in [0.15, 0.2) is 39.7 Å². The topological polar surface area (TPSA) is 52.0 Å². The van der Waals surface area contributed by atoms with Crippen molar-refractivity contribution in [2.45, 2.75) is 6.54 Å². The fourth-order valence-electron chi connectivity index (χ4n) is 1.25. The maximum absolute atomic E-state index is 5.60. The molecule has 3 nitrogen and oxygen atoms in total. The molecule has 0 fully saturated rings. The summed E-state index contributed by atoms with van der Waals surface area (Å²) in [4.78, 5) is 4.07. The van der Waals surface area contributed by atoms with Gasteiger partial charge in [0.2, 0.25) is 0 Å². The number of nitrogens with two attached hydrogens (primary N) is 1. The van der Waals surface area contributed by atoms with Crippen LogP contribution < -0.4 is 5.73 Å². The minimum atomic E-state index is 0.506. The van der Waals surface area contributed by atoms with E-state index in [1.807, 2.05) is 18.2 Å².